The van der Waals surface area contributed by atoms with Crippen molar-refractivity contribution < 1.29 is 38.6 Å². The van der Waals surface area contributed by atoms with Crippen molar-refractivity contribution in [2.45, 2.75) is 97.6 Å². The molecule has 3 atom stereocenters. The molecule has 224 valence electrons. The van der Waals surface area contributed by atoms with Crippen molar-refractivity contribution in [3.63, 3.8) is 0 Å². The zero-order valence-electron chi connectivity index (χ0n) is 24.2. The Kier molecular flexibility index (Phi) is 14.5. The second kappa shape index (κ2) is 17.0. The second-order valence-electron chi connectivity index (χ2n) is 10.9. The molecule has 40 heavy (non-hydrogen) atoms. The Bertz CT molecular complexity index is 978. The van der Waals surface area contributed by atoms with Gasteiger partial charge in [-0.3, -0.25) is 9.59 Å². The molecule has 5 N–H and O–H groups in total. The van der Waals surface area contributed by atoms with Gasteiger partial charge < -0.3 is 35.8 Å². The summed E-state index contributed by atoms with van der Waals surface area (Å²) in [5, 5.41) is 19.7. The fraction of sp³-hybridized carbons (Fsp3) is 0.607. The molecular formula is C28H44N4O8. The molecule has 1 aromatic carbocycles. The Morgan fingerprint density at radius 2 is 1.48 bits per heavy atom. The predicted molar refractivity (Wildman–Crippen MR) is 148 cm³/mol. The molecule has 0 aliphatic heterocycles. The van der Waals surface area contributed by atoms with E-state index in [9.17, 15) is 29.1 Å². The molecule has 0 aliphatic carbocycles. The van der Waals surface area contributed by atoms with E-state index in [-0.39, 0.29) is 25.4 Å². The SMILES string of the molecule is CC(C)C[C@H](NC(=O)[C@@H](C)NC(=O)OCc1ccccc1)C(=O)N[C@@H](CCCCNC(=O)OC(C)(C)C)C(=O)O. The Hall–Kier alpha value is -3.83. The highest BCUT2D eigenvalue weighted by atomic mass is 16.6. The smallest absolute Gasteiger partial charge is 0.408 e. The summed E-state index contributed by atoms with van der Waals surface area (Å²) < 4.78 is 10.3. The Morgan fingerprint density at radius 3 is 2.05 bits per heavy atom. The van der Waals surface area contributed by atoms with Gasteiger partial charge >= 0.3 is 18.2 Å². The number of carboxylic acids is 1. The number of rotatable bonds is 15. The zero-order valence-corrected chi connectivity index (χ0v) is 24.2. The molecule has 0 saturated carbocycles. The fourth-order valence-corrected chi connectivity index (χ4v) is 3.51. The number of carbonyl (C=O) groups is 5. The number of carboxylic acid groups (broad SMARTS) is 1. The fourth-order valence-electron chi connectivity index (χ4n) is 3.51. The lowest BCUT2D eigenvalue weighted by Crippen LogP contribution is -2.55. The van der Waals surface area contributed by atoms with Crippen LogP contribution < -0.4 is 21.3 Å². The number of hydrogen-bond donors (Lipinski definition) is 5. The third-order valence-corrected chi connectivity index (χ3v) is 5.48. The molecule has 0 unspecified atom stereocenters. The van der Waals surface area contributed by atoms with Crippen LogP contribution in [0.3, 0.4) is 0 Å². The van der Waals surface area contributed by atoms with Gasteiger partial charge in [-0.2, -0.15) is 0 Å². The maximum atomic E-state index is 13.0. The topological polar surface area (TPSA) is 172 Å². The highest BCUT2D eigenvalue weighted by molar-refractivity contribution is 5.92. The maximum Gasteiger partial charge on any atom is 0.408 e. The molecule has 0 radical (unpaired) electrons. The molecule has 12 heteroatoms. The summed E-state index contributed by atoms with van der Waals surface area (Å²) in [7, 11) is 0. The van der Waals surface area contributed by atoms with Gasteiger partial charge in [0.1, 0.15) is 30.3 Å². The number of nitrogens with one attached hydrogen (secondary N) is 4. The minimum absolute atomic E-state index is 0.0114. The standard InChI is InChI=1S/C28H44N4O8/c1-18(2)16-22(32-23(33)19(3)30-27(38)39-17-20-12-8-7-9-13-20)24(34)31-21(25(35)36)14-10-11-15-29-26(37)40-28(4,5)6/h7-9,12-13,18-19,21-22H,10-11,14-17H2,1-6H3,(H,29,37)(H,30,38)(H,31,34)(H,32,33)(H,35,36)/t19-,21+,22+/m1/s1. The normalized spacial score (nSPS) is 13.4. The number of benzene rings is 1. The van der Waals surface area contributed by atoms with Gasteiger partial charge in [0.2, 0.25) is 11.8 Å². The molecular weight excluding hydrogens is 520 g/mol. The first-order chi connectivity index (χ1) is 18.7. The monoisotopic (exact) mass is 564 g/mol. The molecule has 0 aromatic heterocycles. The number of ether oxygens (including phenoxy) is 2. The summed E-state index contributed by atoms with van der Waals surface area (Å²) in [6.45, 7) is 10.8. The first-order valence-corrected chi connectivity index (χ1v) is 13.5. The Labute approximate surface area is 235 Å². The first kappa shape index (κ1) is 34.2. The van der Waals surface area contributed by atoms with Crippen molar-refractivity contribution in [1.29, 1.82) is 0 Å². The van der Waals surface area contributed by atoms with Crippen molar-refractivity contribution in [2.75, 3.05) is 6.54 Å². The zero-order chi connectivity index (χ0) is 30.3. The molecule has 0 fully saturated rings. The lowest BCUT2D eigenvalue weighted by Gasteiger charge is -2.24. The highest BCUT2D eigenvalue weighted by Crippen LogP contribution is 2.09. The van der Waals surface area contributed by atoms with Crippen LogP contribution in [0, 0.1) is 5.92 Å². The van der Waals surface area contributed by atoms with E-state index >= 15 is 0 Å². The summed E-state index contributed by atoms with van der Waals surface area (Å²) in [6.07, 6.45) is -0.0615. The Balaban J connectivity index is 2.59. The second-order valence-corrected chi connectivity index (χ2v) is 10.9. The minimum atomic E-state index is -1.21. The average Bonchev–Trinajstić information content (AvgIpc) is 2.85. The molecule has 0 spiro atoms. The van der Waals surface area contributed by atoms with Crippen LogP contribution in [-0.2, 0) is 30.5 Å². The third kappa shape index (κ3) is 14.9. The van der Waals surface area contributed by atoms with Crippen LogP contribution in [-0.4, -0.2) is 65.3 Å². The van der Waals surface area contributed by atoms with Gasteiger partial charge in [0.05, 0.1) is 0 Å². The highest BCUT2D eigenvalue weighted by Gasteiger charge is 2.29. The molecule has 0 bridgehead atoms. The van der Waals surface area contributed by atoms with E-state index in [0.29, 0.717) is 19.4 Å². The van der Waals surface area contributed by atoms with Crippen LogP contribution in [0.5, 0.6) is 0 Å². The quantitative estimate of drug-likeness (QED) is 0.202. The number of aliphatic carboxylic acids is 1. The summed E-state index contributed by atoms with van der Waals surface area (Å²) in [5.41, 5.74) is 0.167. The van der Waals surface area contributed by atoms with Crippen LogP contribution in [0.1, 0.15) is 72.8 Å². The number of alkyl carbamates (subject to hydrolysis) is 2. The van der Waals surface area contributed by atoms with Crippen LogP contribution in [0.15, 0.2) is 30.3 Å². The first-order valence-electron chi connectivity index (χ1n) is 13.5. The van der Waals surface area contributed by atoms with Crippen molar-refractivity contribution >= 4 is 30.0 Å². The number of carbonyl (C=O) groups excluding carboxylic acids is 4. The summed E-state index contributed by atoms with van der Waals surface area (Å²) in [5.74, 6) is -2.45. The van der Waals surface area contributed by atoms with E-state index in [1.54, 1.807) is 32.9 Å². The van der Waals surface area contributed by atoms with Gasteiger partial charge in [0.15, 0.2) is 0 Å². The van der Waals surface area contributed by atoms with Crippen molar-refractivity contribution in [2.24, 2.45) is 5.92 Å². The van der Waals surface area contributed by atoms with Crippen LogP contribution in [0.25, 0.3) is 0 Å². The third-order valence-electron chi connectivity index (χ3n) is 5.48. The van der Waals surface area contributed by atoms with Gasteiger partial charge in [-0.15, -0.1) is 0 Å². The average molecular weight is 565 g/mol. The predicted octanol–water partition coefficient (Wildman–Crippen LogP) is 3.10. The van der Waals surface area contributed by atoms with E-state index in [1.807, 2.05) is 32.0 Å². The summed E-state index contributed by atoms with van der Waals surface area (Å²) in [6, 6.07) is 5.87. The maximum absolute atomic E-state index is 13.0. The van der Waals surface area contributed by atoms with E-state index in [0.717, 1.165) is 5.56 Å². The summed E-state index contributed by atoms with van der Waals surface area (Å²) >= 11 is 0. The lowest BCUT2D eigenvalue weighted by atomic mass is 10.0. The van der Waals surface area contributed by atoms with Crippen molar-refractivity contribution in [3.8, 4) is 0 Å². The lowest BCUT2D eigenvalue weighted by molar-refractivity contribution is -0.142. The molecule has 0 saturated heterocycles. The van der Waals surface area contributed by atoms with Crippen molar-refractivity contribution in [3.05, 3.63) is 35.9 Å². The number of hydrogen-bond acceptors (Lipinski definition) is 7. The van der Waals surface area contributed by atoms with Gasteiger partial charge in [0, 0.05) is 6.54 Å². The van der Waals surface area contributed by atoms with Crippen LogP contribution in [0.2, 0.25) is 0 Å². The van der Waals surface area contributed by atoms with Crippen LogP contribution in [0.4, 0.5) is 9.59 Å². The molecule has 1 aromatic rings. The largest absolute Gasteiger partial charge is 0.480 e. The molecule has 0 aliphatic rings. The Morgan fingerprint density at radius 1 is 0.850 bits per heavy atom. The molecule has 1 rings (SSSR count). The molecule has 12 nitrogen and oxygen atoms in total. The van der Waals surface area contributed by atoms with E-state index in [4.69, 9.17) is 9.47 Å². The van der Waals surface area contributed by atoms with Gasteiger partial charge in [-0.05, 0) is 64.9 Å². The summed E-state index contributed by atoms with van der Waals surface area (Å²) in [4.78, 5) is 61.3. The van der Waals surface area contributed by atoms with Gasteiger partial charge in [-0.1, -0.05) is 44.2 Å². The van der Waals surface area contributed by atoms with E-state index in [2.05, 4.69) is 21.3 Å². The van der Waals surface area contributed by atoms with Crippen LogP contribution >= 0.6 is 0 Å². The van der Waals surface area contributed by atoms with E-state index < -0.39 is 53.7 Å². The minimum Gasteiger partial charge on any atom is -0.480 e. The van der Waals surface area contributed by atoms with Gasteiger partial charge in [0.25, 0.3) is 0 Å². The number of amides is 4. The van der Waals surface area contributed by atoms with E-state index in [1.165, 1.54) is 6.92 Å². The number of unbranched alkanes of at least 4 members (excludes halogenated alkanes) is 1. The molecule has 4 amide bonds. The van der Waals surface area contributed by atoms with Crippen molar-refractivity contribution in [1.82, 2.24) is 21.3 Å². The molecule has 0 heterocycles. The van der Waals surface area contributed by atoms with Gasteiger partial charge in [-0.25, -0.2) is 14.4 Å².